The van der Waals surface area contributed by atoms with Crippen LogP contribution in [0.5, 0.6) is 0 Å². The van der Waals surface area contributed by atoms with Gasteiger partial charge in [-0.05, 0) is 28.8 Å². The Hall–Kier alpha value is -3.98. The number of nitrogens with zero attached hydrogens (tertiary/aromatic N) is 1. The molecule has 1 amide bonds. The first kappa shape index (κ1) is 20.3. The molecular weight excluding hydrogens is 380 g/mol. The van der Waals surface area contributed by atoms with Crippen LogP contribution < -0.4 is 5.32 Å². The quantitative estimate of drug-likeness (QED) is 0.376. The Morgan fingerprint density at radius 1 is 0.645 bits per heavy atom. The minimum absolute atomic E-state index is 0.120. The SMILES string of the molecule is O=C(N[C@H](c1ccccc1)[C@H](N=Cc1ccccc1)c1ccccc1)c1ccccc1. The lowest BCUT2D eigenvalue weighted by Crippen LogP contribution is -2.32. The highest BCUT2D eigenvalue weighted by atomic mass is 16.1. The number of carbonyl (C=O) groups excluding carboxylic acids is 1. The third kappa shape index (κ3) is 5.34. The molecule has 0 saturated heterocycles. The second-order valence-electron chi connectivity index (χ2n) is 7.27. The van der Waals surface area contributed by atoms with Crippen LogP contribution in [0.4, 0.5) is 0 Å². The molecule has 0 aromatic heterocycles. The van der Waals surface area contributed by atoms with Crippen LogP contribution in [0.3, 0.4) is 0 Å². The molecule has 3 nitrogen and oxygen atoms in total. The van der Waals surface area contributed by atoms with Crippen LogP contribution in [0.15, 0.2) is 126 Å². The van der Waals surface area contributed by atoms with E-state index in [2.05, 4.69) is 17.4 Å². The summed E-state index contributed by atoms with van der Waals surface area (Å²) in [5.41, 5.74) is 3.69. The lowest BCUT2D eigenvalue weighted by molar-refractivity contribution is 0.0930. The van der Waals surface area contributed by atoms with E-state index in [0.717, 1.165) is 16.7 Å². The van der Waals surface area contributed by atoms with Gasteiger partial charge in [-0.1, -0.05) is 109 Å². The fraction of sp³-hybridized carbons (Fsp3) is 0.0714. The van der Waals surface area contributed by atoms with E-state index in [0.29, 0.717) is 5.56 Å². The van der Waals surface area contributed by atoms with Crippen molar-refractivity contribution in [1.29, 1.82) is 0 Å². The summed E-state index contributed by atoms with van der Waals surface area (Å²) in [6.07, 6.45) is 1.88. The molecule has 0 bridgehead atoms. The summed E-state index contributed by atoms with van der Waals surface area (Å²) in [6.45, 7) is 0. The topological polar surface area (TPSA) is 41.5 Å². The number of aliphatic imine (C=N–C) groups is 1. The molecule has 4 aromatic carbocycles. The Morgan fingerprint density at radius 2 is 1.13 bits per heavy atom. The van der Waals surface area contributed by atoms with Gasteiger partial charge in [-0.15, -0.1) is 0 Å². The lowest BCUT2D eigenvalue weighted by Gasteiger charge is -2.26. The van der Waals surface area contributed by atoms with Gasteiger partial charge in [-0.25, -0.2) is 0 Å². The number of hydrogen-bond donors (Lipinski definition) is 1. The normalized spacial score (nSPS) is 12.9. The highest BCUT2D eigenvalue weighted by molar-refractivity contribution is 5.94. The summed E-state index contributed by atoms with van der Waals surface area (Å²) in [7, 11) is 0. The van der Waals surface area contributed by atoms with E-state index in [1.54, 1.807) is 0 Å². The molecule has 0 aliphatic carbocycles. The van der Waals surface area contributed by atoms with Crippen molar-refractivity contribution >= 4 is 12.1 Å². The van der Waals surface area contributed by atoms with Gasteiger partial charge in [0, 0.05) is 11.8 Å². The summed E-state index contributed by atoms with van der Waals surface area (Å²) in [5, 5.41) is 3.23. The molecule has 0 unspecified atom stereocenters. The summed E-state index contributed by atoms with van der Waals surface area (Å²) >= 11 is 0. The highest BCUT2D eigenvalue weighted by Crippen LogP contribution is 2.32. The maximum absolute atomic E-state index is 13.1. The van der Waals surface area contributed by atoms with Gasteiger partial charge in [0.25, 0.3) is 5.91 Å². The van der Waals surface area contributed by atoms with E-state index in [1.807, 2.05) is 115 Å². The second kappa shape index (κ2) is 10.2. The smallest absolute Gasteiger partial charge is 0.251 e. The van der Waals surface area contributed by atoms with Crippen LogP contribution in [0.1, 0.15) is 39.1 Å². The minimum atomic E-state index is -0.323. The molecule has 0 aliphatic heterocycles. The van der Waals surface area contributed by atoms with E-state index in [4.69, 9.17) is 4.99 Å². The minimum Gasteiger partial charge on any atom is -0.343 e. The van der Waals surface area contributed by atoms with E-state index < -0.39 is 0 Å². The molecule has 0 heterocycles. The van der Waals surface area contributed by atoms with Gasteiger partial charge in [0.2, 0.25) is 0 Å². The summed E-state index contributed by atoms with van der Waals surface area (Å²) in [6, 6.07) is 38.8. The Morgan fingerprint density at radius 3 is 1.71 bits per heavy atom. The van der Waals surface area contributed by atoms with Crippen LogP contribution in [-0.4, -0.2) is 12.1 Å². The van der Waals surface area contributed by atoms with Crippen molar-refractivity contribution in [2.45, 2.75) is 12.1 Å². The molecule has 31 heavy (non-hydrogen) atoms. The second-order valence-corrected chi connectivity index (χ2v) is 7.27. The van der Waals surface area contributed by atoms with Crippen LogP contribution in [-0.2, 0) is 0 Å². The van der Waals surface area contributed by atoms with Crippen LogP contribution in [0, 0.1) is 0 Å². The molecule has 0 aliphatic rings. The van der Waals surface area contributed by atoms with E-state index >= 15 is 0 Å². The zero-order valence-electron chi connectivity index (χ0n) is 17.1. The number of hydrogen-bond acceptors (Lipinski definition) is 2. The van der Waals surface area contributed by atoms with Crippen molar-refractivity contribution < 1.29 is 4.79 Å². The van der Waals surface area contributed by atoms with Gasteiger partial charge in [-0.2, -0.15) is 0 Å². The van der Waals surface area contributed by atoms with Gasteiger partial charge < -0.3 is 5.32 Å². The van der Waals surface area contributed by atoms with Crippen LogP contribution >= 0.6 is 0 Å². The number of amides is 1. The zero-order chi connectivity index (χ0) is 21.3. The largest absolute Gasteiger partial charge is 0.343 e. The molecule has 1 N–H and O–H groups in total. The fourth-order valence-corrected chi connectivity index (χ4v) is 3.54. The average Bonchev–Trinajstić information content (AvgIpc) is 2.86. The van der Waals surface area contributed by atoms with E-state index in [9.17, 15) is 4.79 Å². The van der Waals surface area contributed by atoms with Crippen molar-refractivity contribution in [2.24, 2.45) is 4.99 Å². The maximum atomic E-state index is 13.1. The third-order valence-electron chi connectivity index (χ3n) is 5.12. The Bertz CT molecular complexity index is 1110. The standard InChI is InChI=1S/C28H24N2O/c31-28(25-19-11-4-12-20-25)30-27(24-17-9-3-10-18-24)26(23-15-7-2-8-16-23)29-21-22-13-5-1-6-14-22/h1-21,26-27H,(H,30,31)/t26-,27-/m1/s1. The van der Waals surface area contributed by atoms with Crippen LogP contribution in [0.2, 0.25) is 0 Å². The number of rotatable bonds is 7. The molecule has 0 fully saturated rings. The molecule has 3 heteroatoms. The summed E-state index contributed by atoms with van der Waals surface area (Å²) < 4.78 is 0. The van der Waals surface area contributed by atoms with Gasteiger partial charge >= 0.3 is 0 Å². The van der Waals surface area contributed by atoms with Gasteiger partial charge in [0.05, 0.1) is 12.1 Å². The van der Waals surface area contributed by atoms with Crippen molar-refractivity contribution in [2.75, 3.05) is 0 Å². The van der Waals surface area contributed by atoms with Crippen molar-refractivity contribution in [3.05, 3.63) is 144 Å². The Labute approximate surface area is 183 Å². The summed E-state index contributed by atoms with van der Waals surface area (Å²) in [5.74, 6) is -0.120. The zero-order valence-corrected chi connectivity index (χ0v) is 17.1. The molecule has 152 valence electrons. The van der Waals surface area contributed by atoms with Gasteiger partial charge in [-0.3, -0.25) is 9.79 Å². The first-order chi connectivity index (χ1) is 15.3. The first-order valence-electron chi connectivity index (χ1n) is 10.4. The number of benzene rings is 4. The lowest BCUT2D eigenvalue weighted by atomic mass is 9.93. The molecule has 4 aromatic rings. The van der Waals surface area contributed by atoms with Crippen molar-refractivity contribution in [3.8, 4) is 0 Å². The third-order valence-corrected chi connectivity index (χ3v) is 5.12. The molecule has 0 spiro atoms. The Balaban J connectivity index is 1.74. The number of nitrogens with one attached hydrogen (secondary N) is 1. The Kier molecular flexibility index (Phi) is 6.66. The predicted molar refractivity (Wildman–Crippen MR) is 126 cm³/mol. The first-order valence-corrected chi connectivity index (χ1v) is 10.4. The van der Waals surface area contributed by atoms with Gasteiger partial charge in [0.1, 0.15) is 0 Å². The summed E-state index contributed by atoms with van der Waals surface area (Å²) in [4.78, 5) is 18.0. The molecule has 2 atom stereocenters. The van der Waals surface area contributed by atoms with E-state index in [1.165, 1.54) is 0 Å². The number of carbonyl (C=O) groups is 1. The predicted octanol–water partition coefficient (Wildman–Crippen LogP) is 6.02. The highest BCUT2D eigenvalue weighted by Gasteiger charge is 2.26. The van der Waals surface area contributed by atoms with E-state index in [-0.39, 0.29) is 18.0 Å². The maximum Gasteiger partial charge on any atom is 0.251 e. The molecule has 0 saturated carbocycles. The molecule has 0 radical (unpaired) electrons. The van der Waals surface area contributed by atoms with Crippen molar-refractivity contribution in [3.63, 3.8) is 0 Å². The molecule has 4 rings (SSSR count). The molecular formula is C28H24N2O. The van der Waals surface area contributed by atoms with Gasteiger partial charge in [0.15, 0.2) is 0 Å². The fourth-order valence-electron chi connectivity index (χ4n) is 3.54. The van der Waals surface area contributed by atoms with Crippen molar-refractivity contribution in [1.82, 2.24) is 5.32 Å². The average molecular weight is 405 g/mol. The monoisotopic (exact) mass is 404 g/mol. The van der Waals surface area contributed by atoms with Crippen LogP contribution in [0.25, 0.3) is 0 Å².